The average Bonchev–Trinajstić information content (AvgIpc) is 3.38. The summed E-state index contributed by atoms with van der Waals surface area (Å²) in [6.07, 6.45) is 0.923. The number of anilines is 1. The van der Waals surface area contributed by atoms with Gasteiger partial charge in [-0.15, -0.1) is 0 Å². The minimum absolute atomic E-state index is 0.0771. The molecule has 10 heteroatoms. The molecule has 1 aromatic heterocycles. The molecule has 5 rings (SSSR count). The number of carbonyl (C=O) groups is 3. The van der Waals surface area contributed by atoms with Gasteiger partial charge in [0.05, 0.1) is 30.2 Å². The number of benzene rings is 2. The van der Waals surface area contributed by atoms with Gasteiger partial charge in [0.15, 0.2) is 5.69 Å². The molecule has 1 saturated heterocycles. The molecule has 3 aromatic rings. The molecule has 2 aromatic carbocycles. The minimum Gasteiger partial charge on any atom is -0.490 e. The number of aromatic nitrogens is 1. The van der Waals surface area contributed by atoms with Crippen LogP contribution in [0, 0.1) is 6.92 Å². The molecule has 204 valence electrons. The van der Waals surface area contributed by atoms with E-state index in [9.17, 15) is 14.4 Å². The number of amides is 3. The fraction of sp³-hybridized carbons (Fsp3) is 0.379. The molecule has 10 nitrogen and oxygen atoms in total. The number of carbonyl (C=O) groups excluding carboxylic acids is 3. The maximum atomic E-state index is 13.5. The summed E-state index contributed by atoms with van der Waals surface area (Å²) in [5.74, 6) is 0.183. The molecule has 2 aliphatic heterocycles. The van der Waals surface area contributed by atoms with Gasteiger partial charge in [0.2, 0.25) is 5.91 Å². The fourth-order valence-corrected chi connectivity index (χ4v) is 5.11. The zero-order chi connectivity index (χ0) is 27.5. The summed E-state index contributed by atoms with van der Waals surface area (Å²) in [7, 11) is 1.75. The van der Waals surface area contributed by atoms with Crippen molar-refractivity contribution in [1.82, 2.24) is 15.4 Å². The van der Waals surface area contributed by atoms with Crippen LogP contribution in [0.1, 0.15) is 64.4 Å². The highest BCUT2D eigenvalue weighted by molar-refractivity contribution is 6.04. The van der Waals surface area contributed by atoms with Gasteiger partial charge in [0, 0.05) is 18.8 Å². The number of aryl methyl sites for hydroxylation is 1. The normalized spacial score (nSPS) is 21.5. The van der Waals surface area contributed by atoms with Crippen LogP contribution in [0.5, 0.6) is 5.75 Å². The Morgan fingerprint density at radius 1 is 1.13 bits per heavy atom. The molecule has 2 aliphatic rings. The van der Waals surface area contributed by atoms with E-state index in [0.717, 1.165) is 5.56 Å². The summed E-state index contributed by atoms with van der Waals surface area (Å²) in [6, 6.07) is 16.0. The number of hydrogen-bond donors (Lipinski definition) is 2. The quantitative estimate of drug-likeness (QED) is 0.494. The second kappa shape index (κ2) is 11.3. The molecule has 0 saturated carbocycles. The summed E-state index contributed by atoms with van der Waals surface area (Å²) in [5.41, 5.74) is 1.98. The second-order valence-electron chi connectivity index (χ2n) is 10.1. The van der Waals surface area contributed by atoms with Gasteiger partial charge in [-0.2, -0.15) is 0 Å². The first-order chi connectivity index (χ1) is 18.8. The van der Waals surface area contributed by atoms with Gasteiger partial charge in [-0.1, -0.05) is 35.5 Å². The van der Waals surface area contributed by atoms with E-state index in [2.05, 4.69) is 15.8 Å². The van der Waals surface area contributed by atoms with Crippen LogP contribution in [0.2, 0.25) is 0 Å². The predicted molar refractivity (Wildman–Crippen MR) is 143 cm³/mol. The molecule has 0 aliphatic carbocycles. The van der Waals surface area contributed by atoms with E-state index in [1.165, 1.54) is 6.07 Å². The standard InChI is InChI=1S/C29H32N4O6/c1-17-13-23(32-39-17)28(35)31-20-9-12-25-22(14-20)29(36)33(3)24-11-10-21(38-26(24)16-37-25)15-27(34)30-18(2)19-7-5-4-6-8-19/h4-9,12-14,18,21,24,26H,10-11,15-16H2,1-3H3,(H,30,34)(H,31,35)/t18-,21+,24+,26-/m0/s1. The maximum absolute atomic E-state index is 13.5. The first-order valence-electron chi connectivity index (χ1n) is 13.1. The smallest absolute Gasteiger partial charge is 0.277 e. The Bertz CT molecular complexity index is 1360. The van der Waals surface area contributed by atoms with Crippen molar-refractivity contribution in [2.45, 2.75) is 57.4 Å². The van der Waals surface area contributed by atoms with Crippen molar-refractivity contribution < 1.29 is 28.4 Å². The highest BCUT2D eigenvalue weighted by Gasteiger charge is 2.39. The predicted octanol–water partition coefficient (Wildman–Crippen LogP) is 3.88. The molecule has 3 heterocycles. The lowest BCUT2D eigenvalue weighted by atomic mass is 9.94. The third-order valence-corrected chi connectivity index (χ3v) is 7.22. The van der Waals surface area contributed by atoms with Crippen molar-refractivity contribution in [3.8, 4) is 5.75 Å². The molecule has 0 radical (unpaired) electrons. The van der Waals surface area contributed by atoms with E-state index in [4.69, 9.17) is 14.0 Å². The lowest BCUT2D eigenvalue weighted by Gasteiger charge is -2.42. The summed E-state index contributed by atoms with van der Waals surface area (Å²) < 4.78 is 17.3. The van der Waals surface area contributed by atoms with Gasteiger partial charge in [0.1, 0.15) is 24.2 Å². The highest BCUT2D eigenvalue weighted by atomic mass is 16.5. The van der Waals surface area contributed by atoms with Crippen molar-refractivity contribution in [2.75, 3.05) is 19.0 Å². The summed E-state index contributed by atoms with van der Waals surface area (Å²) >= 11 is 0. The summed E-state index contributed by atoms with van der Waals surface area (Å²) in [5, 5.41) is 9.51. The monoisotopic (exact) mass is 532 g/mol. The largest absolute Gasteiger partial charge is 0.490 e. The average molecular weight is 533 g/mol. The molecular weight excluding hydrogens is 500 g/mol. The van der Waals surface area contributed by atoms with Crippen LogP contribution in [-0.2, 0) is 9.53 Å². The van der Waals surface area contributed by atoms with E-state index in [1.807, 2.05) is 37.3 Å². The Morgan fingerprint density at radius 3 is 2.67 bits per heavy atom. The zero-order valence-corrected chi connectivity index (χ0v) is 22.2. The lowest BCUT2D eigenvalue weighted by molar-refractivity contribution is -0.134. The first kappa shape index (κ1) is 26.4. The number of rotatable bonds is 6. The van der Waals surface area contributed by atoms with Gasteiger partial charge >= 0.3 is 0 Å². The molecule has 0 bridgehead atoms. The molecule has 39 heavy (non-hydrogen) atoms. The van der Waals surface area contributed by atoms with Gasteiger partial charge in [-0.05, 0) is 50.5 Å². The van der Waals surface area contributed by atoms with Crippen LogP contribution in [0.15, 0.2) is 59.1 Å². The van der Waals surface area contributed by atoms with E-state index in [-0.39, 0.29) is 54.8 Å². The molecule has 1 fully saturated rings. The maximum Gasteiger partial charge on any atom is 0.277 e. The Labute approximate surface area is 226 Å². The Hall–Kier alpha value is -4.18. The Morgan fingerprint density at radius 2 is 1.92 bits per heavy atom. The van der Waals surface area contributed by atoms with Gasteiger partial charge in [-0.25, -0.2) is 0 Å². The molecule has 4 atom stereocenters. The third kappa shape index (κ3) is 5.96. The lowest BCUT2D eigenvalue weighted by Crippen LogP contribution is -2.54. The number of nitrogens with one attached hydrogen (secondary N) is 2. The first-order valence-corrected chi connectivity index (χ1v) is 13.1. The van der Waals surface area contributed by atoms with Crippen LogP contribution in [0.25, 0.3) is 0 Å². The van der Waals surface area contributed by atoms with E-state index >= 15 is 0 Å². The Kier molecular flexibility index (Phi) is 7.65. The van der Waals surface area contributed by atoms with Crippen LogP contribution in [0.4, 0.5) is 5.69 Å². The van der Waals surface area contributed by atoms with Gasteiger partial charge in [-0.3, -0.25) is 14.4 Å². The van der Waals surface area contributed by atoms with Gasteiger partial charge < -0.3 is 29.5 Å². The van der Waals surface area contributed by atoms with Crippen LogP contribution in [0.3, 0.4) is 0 Å². The highest BCUT2D eigenvalue weighted by Crippen LogP contribution is 2.32. The van der Waals surface area contributed by atoms with Crippen molar-refractivity contribution in [3.05, 3.63) is 77.2 Å². The second-order valence-corrected chi connectivity index (χ2v) is 10.1. The van der Waals surface area contributed by atoms with Crippen LogP contribution < -0.4 is 15.4 Å². The van der Waals surface area contributed by atoms with Gasteiger partial charge in [0.25, 0.3) is 11.8 Å². The molecule has 3 amide bonds. The molecule has 0 spiro atoms. The summed E-state index contributed by atoms with van der Waals surface area (Å²) in [4.78, 5) is 40.3. The van der Waals surface area contributed by atoms with E-state index < -0.39 is 5.91 Å². The summed E-state index contributed by atoms with van der Waals surface area (Å²) in [6.45, 7) is 3.89. The van der Waals surface area contributed by atoms with Crippen molar-refractivity contribution in [1.29, 1.82) is 0 Å². The SMILES string of the molecule is Cc1cc(C(=O)Nc2ccc3c(c2)C(=O)N(C)[C@@H]2CC[C@H](CC(=O)N[C@@H](C)c4ccccc4)O[C@H]2CO3)no1. The molecule has 0 unspecified atom stereocenters. The number of nitrogens with zero attached hydrogens (tertiary/aromatic N) is 2. The third-order valence-electron chi connectivity index (χ3n) is 7.22. The number of fused-ring (bicyclic) bond motifs is 2. The van der Waals surface area contributed by atoms with Crippen molar-refractivity contribution in [2.24, 2.45) is 0 Å². The van der Waals surface area contributed by atoms with Crippen molar-refractivity contribution >= 4 is 23.4 Å². The fourth-order valence-electron chi connectivity index (χ4n) is 5.11. The zero-order valence-electron chi connectivity index (χ0n) is 22.2. The van der Waals surface area contributed by atoms with Crippen LogP contribution >= 0.6 is 0 Å². The van der Waals surface area contributed by atoms with Crippen molar-refractivity contribution in [3.63, 3.8) is 0 Å². The topological polar surface area (TPSA) is 123 Å². The number of hydrogen-bond acceptors (Lipinski definition) is 7. The number of likely N-dealkylation sites (N-methyl/N-ethyl adjacent to an activating group) is 1. The Balaban J connectivity index is 1.23. The number of ether oxygens (including phenoxy) is 2. The molecule has 2 N–H and O–H groups in total. The molecular formula is C29H32N4O6. The van der Waals surface area contributed by atoms with Crippen LogP contribution in [-0.4, -0.2) is 59.7 Å². The van der Waals surface area contributed by atoms with E-state index in [0.29, 0.717) is 35.6 Å². The van der Waals surface area contributed by atoms with E-state index in [1.54, 1.807) is 37.1 Å². The minimum atomic E-state index is -0.437.